The van der Waals surface area contributed by atoms with Gasteiger partial charge in [-0.1, -0.05) is 6.92 Å². The van der Waals surface area contributed by atoms with E-state index < -0.39 is 5.82 Å². The van der Waals surface area contributed by atoms with Gasteiger partial charge in [-0.3, -0.25) is 4.79 Å². The first-order chi connectivity index (χ1) is 7.54. The van der Waals surface area contributed by atoms with Crippen LogP contribution in [-0.4, -0.2) is 11.9 Å². The molecule has 1 aromatic rings. The Bertz CT molecular complexity index is 372. The summed E-state index contributed by atoms with van der Waals surface area (Å²) in [6, 6.07) is 4.06. The standard InChI is InChI=1S/C13H17FO2/c1-4-5-12(15)11-8-10(14)6-7-13(11)16-9(2)3/h6-9H,4-5H2,1-3H3. The zero-order valence-corrected chi connectivity index (χ0v) is 9.92. The molecule has 2 nitrogen and oxygen atoms in total. The van der Waals surface area contributed by atoms with E-state index in [1.54, 1.807) is 0 Å². The van der Waals surface area contributed by atoms with Crippen molar-refractivity contribution in [2.75, 3.05) is 0 Å². The lowest BCUT2D eigenvalue weighted by Crippen LogP contribution is -2.10. The molecule has 88 valence electrons. The van der Waals surface area contributed by atoms with Crippen LogP contribution in [-0.2, 0) is 0 Å². The Labute approximate surface area is 95.4 Å². The van der Waals surface area contributed by atoms with Gasteiger partial charge in [-0.25, -0.2) is 4.39 Å². The molecule has 0 aromatic heterocycles. The van der Waals surface area contributed by atoms with Crippen LogP contribution in [0.2, 0.25) is 0 Å². The van der Waals surface area contributed by atoms with Gasteiger partial charge >= 0.3 is 0 Å². The van der Waals surface area contributed by atoms with Crippen LogP contribution in [0.5, 0.6) is 5.75 Å². The molecule has 3 heteroatoms. The van der Waals surface area contributed by atoms with Crippen molar-refractivity contribution in [2.24, 2.45) is 0 Å². The molecule has 0 fully saturated rings. The van der Waals surface area contributed by atoms with E-state index in [-0.39, 0.29) is 11.9 Å². The van der Waals surface area contributed by atoms with Crippen LogP contribution in [0.4, 0.5) is 4.39 Å². The highest BCUT2D eigenvalue weighted by Gasteiger charge is 2.13. The summed E-state index contributed by atoms with van der Waals surface area (Å²) < 4.78 is 18.6. The van der Waals surface area contributed by atoms with E-state index in [0.717, 1.165) is 6.42 Å². The number of carbonyl (C=O) groups excluding carboxylic acids is 1. The molecular formula is C13H17FO2. The molecule has 0 atom stereocenters. The molecule has 0 saturated heterocycles. The van der Waals surface area contributed by atoms with Gasteiger partial charge in [-0.15, -0.1) is 0 Å². The SMILES string of the molecule is CCCC(=O)c1cc(F)ccc1OC(C)C. The van der Waals surface area contributed by atoms with Crippen molar-refractivity contribution in [1.82, 2.24) is 0 Å². The average molecular weight is 224 g/mol. The minimum absolute atomic E-state index is 0.0290. The van der Waals surface area contributed by atoms with Gasteiger partial charge < -0.3 is 4.74 Å². The normalized spacial score (nSPS) is 10.6. The maximum absolute atomic E-state index is 13.1. The summed E-state index contributed by atoms with van der Waals surface area (Å²) in [4.78, 5) is 11.8. The maximum Gasteiger partial charge on any atom is 0.166 e. The second-order valence-corrected chi connectivity index (χ2v) is 3.98. The number of hydrogen-bond acceptors (Lipinski definition) is 2. The fraction of sp³-hybridized carbons (Fsp3) is 0.462. The molecule has 0 radical (unpaired) electrons. The Kier molecular flexibility index (Phi) is 4.47. The van der Waals surface area contributed by atoms with Gasteiger partial charge in [0, 0.05) is 6.42 Å². The predicted octanol–water partition coefficient (Wildman–Crippen LogP) is 3.60. The largest absolute Gasteiger partial charge is 0.490 e. The molecule has 0 unspecified atom stereocenters. The fourth-order valence-corrected chi connectivity index (χ4v) is 1.44. The summed E-state index contributed by atoms with van der Waals surface area (Å²) in [5.41, 5.74) is 0.343. The van der Waals surface area contributed by atoms with E-state index >= 15 is 0 Å². The van der Waals surface area contributed by atoms with Crippen LogP contribution in [0.25, 0.3) is 0 Å². The van der Waals surface area contributed by atoms with E-state index in [4.69, 9.17) is 4.74 Å². The Morgan fingerprint density at radius 1 is 1.44 bits per heavy atom. The van der Waals surface area contributed by atoms with E-state index in [1.807, 2.05) is 20.8 Å². The first kappa shape index (κ1) is 12.7. The molecule has 1 rings (SSSR count). The molecule has 0 amide bonds. The summed E-state index contributed by atoms with van der Waals surface area (Å²) >= 11 is 0. The van der Waals surface area contributed by atoms with Crippen LogP contribution < -0.4 is 4.74 Å². The monoisotopic (exact) mass is 224 g/mol. The third-order valence-electron chi connectivity index (χ3n) is 2.08. The molecule has 0 spiro atoms. The number of ether oxygens (including phenoxy) is 1. The Hall–Kier alpha value is -1.38. The van der Waals surface area contributed by atoms with Crippen molar-refractivity contribution < 1.29 is 13.9 Å². The smallest absolute Gasteiger partial charge is 0.166 e. The van der Waals surface area contributed by atoms with Crippen LogP contribution in [0.15, 0.2) is 18.2 Å². The van der Waals surface area contributed by atoms with Crippen LogP contribution in [0.1, 0.15) is 44.0 Å². The second kappa shape index (κ2) is 5.64. The highest BCUT2D eigenvalue weighted by molar-refractivity contribution is 5.98. The zero-order chi connectivity index (χ0) is 12.1. The first-order valence-corrected chi connectivity index (χ1v) is 5.54. The van der Waals surface area contributed by atoms with Gasteiger partial charge in [0.1, 0.15) is 11.6 Å². The minimum atomic E-state index is -0.407. The van der Waals surface area contributed by atoms with Gasteiger partial charge in [-0.2, -0.15) is 0 Å². The molecule has 0 aliphatic rings. The summed E-state index contributed by atoms with van der Waals surface area (Å²) in [7, 11) is 0. The summed E-state index contributed by atoms with van der Waals surface area (Å²) in [6.45, 7) is 5.66. The van der Waals surface area contributed by atoms with Crippen LogP contribution in [0, 0.1) is 5.82 Å². The number of benzene rings is 1. The number of ketones is 1. The second-order valence-electron chi connectivity index (χ2n) is 3.98. The Balaban J connectivity index is 3.02. The van der Waals surface area contributed by atoms with Gasteiger partial charge in [0.05, 0.1) is 11.7 Å². The van der Waals surface area contributed by atoms with Crippen molar-refractivity contribution in [2.45, 2.75) is 39.7 Å². The molecule has 0 N–H and O–H groups in total. The van der Waals surface area contributed by atoms with Gasteiger partial charge in [-0.05, 0) is 38.5 Å². The van der Waals surface area contributed by atoms with E-state index in [1.165, 1.54) is 18.2 Å². The Morgan fingerprint density at radius 2 is 2.12 bits per heavy atom. The predicted molar refractivity (Wildman–Crippen MR) is 61.4 cm³/mol. The summed E-state index contributed by atoms with van der Waals surface area (Å²) in [6.07, 6.45) is 1.13. The number of halogens is 1. The lowest BCUT2D eigenvalue weighted by atomic mass is 10.1. The summed E-state index contributed by atoms with van der Waals surface area (Å²) in [5.74, 6) is -0.0111. The van der Waals surface area contributed by atoms with Gasteiger partial charge in [0.25, 0.3) is 0 Å². The number of carbonyl (C=O) groups is 1. The number of Topliss-reactive ketones (excluding diaryl/α,β-unsaturated/α-hetero) is 1. The van der Waals surface area contributed by atoms with Gasteiger partial charge in [0.2, 0.25) is 0 Å². The molecule has 0 aliphatic heterocycles. The van der Waals surface area contributed by atoms with Crippen molar-refractivity contribution in [1.29, 1.82) is 0 Å². The zero-order valence-electron chi connectivity index (χ0n) is 9.92. The quantitative estimate of drug-likeness (QED) is 0.714. The summed E-state index contributed by atoms with van der Waals surface area (Å²) in [5, 5.41) is 0. The van der Waals surface area contributed by atoms with Gasteiger partial charge in [0.15, 0.2) is 5.78 Å². The van der Waals surface area contributed by atoms with E-state index in [2.05, 4.69) is 0 Å². The Morgan fingerprint density at radius 3 is 2.69 bits per heavy atom. The molecule has 0 bridgehead atoms. The van der Waals surface area contributed by atoms with E-state index in [0.29, 0.717) is 17.7 Å². The van der Waals surface area contributed by atoms with Crippen molar-refractivity contribution in [3.8, 4) is 5.75 Å². The van der Waals surface area contributed by atoms with Crippen molar-refractivity contribution in [3.63, 3.8) is 0 Å². The molecule has 0 heterocycles. The third kappa shape index (κ3) is 3.33. The highest BCUT2D eigenvalue weighted by Crippen LogP contribution is 2.22. The number of hydrogen-bond donors (Lipinski definition) is 0. The van der Waals surface area contributed by atoms with Crippen LogP contribution in [0.3, 0.4) is 0 Å². The molecule has 1 aromatic carbocycles. The van der Waals surface area contributed by atoms with E-state index in [9.17, 15) is 9.18 Å². The fourth-order valence-electron chi connectivity index (χ4n) is 1.44. The lowest BCUT2D eigenvalue weighted by molar-refractivity contribution is 0.0975. The average Bonchev–Trinajstić information content (AvgIpc) is 2.20. The number of rotatable bonds is 5. The highest BCUT2D eigenvalue weighted by atomic mass is 19.1. The topological polar surface area (TPSA) is 26.3 Å². The third-order valence-corrected chi connectivity index (χ3v) is 2.08. The minimum Gasteiger partial charge on any atom is -0.490 e. The molecule has 16 heavy (non-hydrogen) atoms. The van der Waals surface area contributed by atoms with Crippen LogP contribution >= 0.6 is 0 Å². The lowest BCUT2D eigenvalue weighted by Gasteiger charge is -2.13. The molecular weight excluding hydrogens is 207 g/mol. The molecule has 0 aliphatic carbocycles. The maximum atomic E-state index is 13.1. The first-order valence-electron chi connectivity index (χ1n) is 5.54. The molecule has 0 saturated carbocycles. The van der Waals surface area contributed by atoms with Crippen molar-refractivity contribution in [3.05, 3.63) is 29.6 Å². The van der Waals surface area contributed by atoms with Crippen molar-refractivity contribution >= 4 is 5.78 Å².